The maximum atomic E-state index is 11.8. The Balaban J connectivity index is 3.79. The van der Waals surface area contributed by atoms with Crippen LogP contribution < -0.4 is 5.73 Å². The summed E-state index contributed by atoms with van der Waals surface area (Å²) >= 11 is 0. The summed E-state index contributed by atoms with van der Waals surface area (Å²) in [6, 6.07) is 0.201. The lowest BCUT2D eigenvalue weighted by molar-refractivity contribution is 0.274. The Bertz CT molecular complexity index is 263. The van der Waals surface area contributed by atoms with Gasteiger partial charge in [-0.2, -0.15) is 0 Å². The van der Waals surface area contributed by atoms with E-state index in [9.17, 15) is 4.57 Å². The van der Waals surface area contributed by atoms with Crippen LogP contribution in [0.5, 0.6) is 0 Å². The van der Waals surface area contributed by atoms with Gasteiger partial charge < -0.3 is 14.8 Å². The van der Waals surface area contributed by atoms with Crippen molar-refractivity contribution in [1.82, 2.24) is 0 Å². The number of rotatable bonds is 11. The maximum absolute atomic E-state index is 11.8. The molecular formula is C13H28NO3P. The first-order valence-electron chi connectivity index (χ1n) is 6.61. The summed E-state index contributed by atoms with van der Waals surface area (Å²) in [7, 11) is 0.0360. The Morgan fingerprint density at radius 1 is 1.28 bits per heavy atom. The normalized spacial score (nSPS) is 15.3. The molecule has 0 rings (SSSR count). The summed E-state index contributed by atoms with van der Waals surface area (Å²) in [6.07, 6.45) is 7.38. The molecule has 0 aliphatic carbocycles. The average molecular weight is 277 g/mol. The third-order valence-electron chi connectivity index (χ3n) is 3.35. The second kappa shape index (κ2) is 9.74. The summed E-state index contributed by atoms with van der Waals surface area (Å²) in [5.74, 6) is 0.381. The van der Waals surface area contributed by atoms with Gasteiger partial charge in [-0.3, -0.25) is 4.57 Å². The van der Waals surface area contributed by atoms with Gasteiger partial charge in [0.25, 0.3) is 0 Å². The van der Waals surface area contributed by atoms with Crippen molar-refractivity contribution in [3.05, 3.63) is 12.7 Å². The maximum Gasteiger partial charge on any atom is 0.330 e. The highest BCUT2D eigenvalue weighted by atomic mass is 31.2. The molecule has 0 amide bonds. The third-order valence-corrected chi connectivity index (χ3v) is 5.33. The van der Waals surface area contributed by atoms with Gasteiger partial charge in [-0.05, 0) is 25.2 Å². The Labute approximate surface area is 111 Å². The van der Waals surface area contributed by atoms with Gasteiger partial charge in [-0.1, -0.05) is 25.8 Å². The van der Waals surface area contributed by atoms with Crippen LogP contribution in [-0.4, -0.2) is 26.4 Å². The van der Waals surface area contributed by atoms with Crippen LogP contribution in [0.25, 0.3) is 0 Å². The Kier molecular flexibility index (Phi) is 9.66. The molecule has 0 heterocycles. The summed E-state index contributed by atoms with van der Waals surface area (Å²) < 4.78 is 21.6. The van der Waals surface area contributed by atoms with Gasteiger partial charge in [0, 0.05) is 20.3 Å². The molecule has 0 aromatic carbocycles. The molecule has 0 fully saturated rings. The van der Waals surface area contributed by atoms with Gasteiger partial charge in [0.1, 0.15) is 0 Å². The van der Waals surface area contributed by atoms with E-state index in [4.69, 9.17) is 14.8 Å². The zero-order valence-electron chi connectivity index (χ0n) is 11.9. The average Bonchev–Trinajstić information content (AvgIpc) is 2.41. The molecule has 2 atom stereocenters. The van der Waals surface area contributed by atoms with Crippen LogP contribution >= 0.6 is 7.60 Å². The first kappa shape index (κ1) is 17.8. The molecule has 0 aromatic rings. The fraction of sp³-hybridized carbons (Fsp3) is 0.846. The van der Waals surface area contributed by atoms with Crippen LogP contribution in [0.2, 0.25) is 0 Å². The molecule has 4 nitrogen and oxygen atoms in total. The SMILES string of the molecule is C=CC(CCCCCP(=O)(OC)OC)C(N)CC. The second-order valence-electron chi connectivity index (χ2n) is 4.52. The standard InChI is InChI=1S/C13H28NO3P/c1-5-12(13(14)6-2)10-8-7-9-11-18(15,16-3)17-4/h5,12-13H,1,6-11,14H2,2-4H3. The molecule has 0 aromatic heterocycles. The minimum Gasteiger partial charge on any atom is -0.327 e. The second-order valence-corrected chi connectivity index (χ2v) is 6.92. The minimum atomic E-state index is -2.82. The molecule has 0 aliphatic rings. The molecule has 0 bridgehead atoms. The predicted molar refractivity (Wildman–Crippen MR) is 76.9 cm³/mol. The highest BCUT2D eigenvalue weighted by Crippen LogP contribution is 2.47. The molecule has 0 spiro atoms. The van der Waals surface area contributed by atoms with Crippen LogP contribution in [-0.2, 0) is 13.6 Å². The van der Waals surface area contributed by atoms with Crippen LogP contribution in [0.1, 0.15) is 39.0 Å². The molecule has 0 saturated heterocycles. The van der Waals surface area contributed by atoms with E-state index in [2.05, 4.69) is 13.5 Å². The summed E-state index contributed by atoms with van der Waals surface area (Å²) in [5.41, 5.74) is 6.00. The van der Waals surface area contributed by atoms with E-state index in [0.717, 1.165) is 32.1 Å². The number of hydrogen-bond acceptors (Lipinski definition) is 4. The first-order valence-corrected chi connectivity index (χ1v) is 8.34. The van der Waals surface area contributed by atoms with Crippen LogP contribution in [0, 0.1) is 5.92 Å². The quantitative estimate of drug-likeness (QED) is 0.356. The van der Waals surface area contributed by atoms with E-state index in [1.54, 1.807) is 0 Å². The highest BCUT2D eigenvalue weighted by Gasteiger charge is 2.20. The first-order chi connectivity index (χ1) is 8.52. The zero-order chi connectivity index (χ0) is 14.0. The van der Waals surface area contributed by atoms with Crippen molar-refractivity contribution in [2.75, 3.05) is 20.4 Å². The van der Waals surface area contributed by atoms with Crippen LogP contribution in [0.3, 0.4) is 0 Å². The van der Waals surface area contributed by atoms with Gasteiger partial charge >= 0.3 is 7.60 Å². The number of unbranched alkanes of at least 4 members (excludes halogenated alkanes) is 2. The Morgan fingerprint density at radius 3 is 2.33 bits per heavy atom. The summed E-state index contributed by atoms with van der Waals surface area (Å²) in [4.78, 5) is 0. The molecule has 18 heavy (non-hydrogen) atoms. The lowest BCUT2D eigenvalue weighted by Crippen LogP contribution is -2.27. The molecule has 5 heteroatoms. The van der Waals surface area contributed by atoms with Gasteiger partial charge in [-0.15, -0.1) is 6.58 Å². The lowest BCUT2D eigenvalue weighted by atomic mass is 9.92. The lowest BCUT2D eigenvalue weighted by Gasteiger charge is -2.19. The predicted octanol–water partition coefficient (Wildman–Crippen LogP) is 3.57. The highest BCUT2D eigenvalue weighted by molar-refractivity contribution is 7.53. The van der Waals surface area contributed by atoms with Gasteiger partial charge in [0.15, 0.2) is 0 Å². The van der Waals surface area contributed by atoms with E-state index in [1.807, 2.05) is 6.08 Å². The fourth-order valence-electron chi connectivity index (χ4n) is 1.93. The zero-order valence-corrected chi connectivity index (χ0v) is 12.8. The van der Waals surface area contributed by atoms with E-state index in [0.29, 0.717) is 12.1 Å². The fourth-order valence-corrected chi connectivity index (χ4v) is 3.05. The topological polar surface area (TPSA) is 61.5 Å². The van der Waals surface area contributed by atoms with Crippen molar-refractivity contribution >= 4 is 7.60 Å². The molecular weight excluding hydrogens is 249 g/mol. The van der Waals surface area contributed by atoms with Crippen molar-refractivity contribution in [3.63, 3.8) is 0 Å². The van der Waals surface area contributed by atoms with Gasteiger partial charge in [0.2, 0.25) is 0 Å². The smallest absolute Gasteiger partial charge is 0.327 e. The number of hydrogen-bond donors (Lipinski definition) is 1. The molecule has 0 radical (unpaired) electrons. The Morgan fingerprint density at radius 2 is 1.89 bits per heavy atom. The molecule has 2 unspecified atom stereocenters. The molecule has 108 valence electrons. The molecule has 2 N–H and O–H groups in total. The summed E-state index contributed by atoms with van der Waals surface area (Å²) in [6.45, 7) is 5.92. The largest absolute Gasteiger partial charge is 0.330 e. The van der Waals surface area contributed by atoms with Crippen molar-refractivity contribution in [2.45, 2.75) is 45.1 Å². The van der Waals surface area contributed by atoms with Crippen molar-refractivity contribution in [3.8, 4) is 0 Å². The summed E-state index contributed by atoms with van der Waals surface area (Å²) in [5, 5.41) is 0. The van der Waals surface area contributed by atoms with E-state index in [1.165, 1.54) is 14.2 Å². The minimum absolute atomic E-state index is 0.201. The van der Waals surface area contributed by atoms with E-state index in [-0.39, 0.29) is 6.04 Å². The monoisotopic (exact) mass is 277 g/mol. The molecule has 0 aliphatic heterocycles. The van der Waals surface area contributed by atoms with Crippen molar-refractivity contribution in [2.24, 2.45) is 11.7 Å². The van der Waals surface area contributed by atoms with Crippen LogP contribution in [0.4, 0.5) is 0 Å². The van der Waals surface area contributed by atoms with Crippen LogP contribution in [0.15, 0.2) is 12.7 Å². The van der Waals surface area contributed by atoms with Crippen molar-refractivity contribution < 1.29 is 13.6 Å². The molecule has 0 saturated carbocycles. The van der Waals surface area contributed by atoms with E-state index >= 15 is 0 Å². The third kappa shape index (κ3) is 6.69. The van der Waals surface area contributed by atoms with E-state index < -0.39 is 7.60 Å². The van der Waals surface area contributed by atoms with Gasteiger partial charge in [0.05, 0.1) is 6.16 Å². The van der Waals surface area contributed by atoms with Gasteiger partial charge in [-0.25, -0.2) is 0 Å². The number of nitrogens with two attached hydrogens (primary N) is 1. The van der Waals surface area contributed by atoms with Crippen molar-refractivity contribution in [1.29, 1.82) is 0 Å². The Hall–Kier alpha value is -0.150.